The van der Waals surface area contributed by atoms with Gasteiger partial charge in [-0.25, -0.2) is 9.98 Å². The van der Waals surface area contributed by atoms with E-state index < -0.39 is 21.4 Å². The quantitative estimate of drug-likeness (QED) is 0.0955. The van der Waals surface area contributed by atoms with Crippen molar-refractivity contribution >= 4 is 109 Å². The first kappa shape index (κ1) is 34.6. The molecular formula is C24H25Br4N11O5S. The predicted octanol–water partition coefficient (Wildman–Crippen LogP) is 2.53. The van der Waals surface area contributed by atoms with E-state index in [0.717, 1.165) is 0 Å². The second-order valence-electron chi connectivity index (χ2n) is 9.20. The molecule has 1 aliphatic heterocycles. The molecule has 11 N–H and O–H groups in total. The van der Waals surface area contributed by atoms with Crippen LogP contribution in [0.3, 0.4) is 0 Å². The van der Waals surface area contributed by atoms with Crippen molar-refractivity contribution in [1.29, 1.82) is 0 Å². The normalized spacial score (nSPS) is 17.7. The summed E-state index contributed by atoms with van der Waals surface area (Å²) in [6, 6.07) is 3.24. The Morgan fingerprint density at radius 2 is 1.56 bits per heavy atom. The first-order valence-corrected chi connectivity index (χ1v) is 17.4. The molecule has 0 radical (unpaired) electrons. The first-order chi connectivity index (χ1) is 21.2. The van der Waals surface area contributed by atoms with Gasteiger partial charge >= 0.3 is 0 Å². The number of amides is 2. The summed E-state index contributed by atoms with van der Waals surface area (Å²) in [4.78, 5) is 47.0. The molecule has 0 bridgehead atoms. The average Bonchev–Trinajstić information content (AvgIpc) is 3.69. The van der Waals surface area contributed by atoms with Crippen LogP contribution in [0.15, 0.2) is 58.5 Å². The van der Waals surface area contributed by atoms with Crippen molar-refractivity contribution in [2.45, 2.75) is 5.54 Å². The second-order valence-corrected chi connectivity index (χ2v) is 14.1. The minimum Gasteiger partial charge on any atom is -0.370 e. The van der Waals surface area contributed by atoms with E-state index >= 15 is 0 Å². The van der Waals surface area contributed by atoms with Crippen LogP contribution >= 0.6 is 63.7 Å². The molecule has 0 spiro atoms. The zero-order valence-electron chi connectivity index (χ0n) is 22.8. The molecule has 0 aliphatic carbocycles. The third-order valence-electron chi connectivity index (χ3n) is 5.99. The number of aromatic amines is 3. The number of anilines is 1. The van der Waals surface area contributed by atoms with Crippen LogP contribution in [0.5, 0.6) is 0 Å². The summed E-state index contributed by atoms with van der Waals surface area (Å²) in [7, 11) is -4.31. The van der Waals surface area contributed by atoms with Crippen molar-refractivity contribution in [2.75, 3.05) is 31.1 Å². The summed E-state index contributed by atoms with van der Waals surface area (Å²) in [5.74, 6) is -1.30. The van der Waals surface area contributed by atoms with Crippen molar-refractivity contribution in [3.63, 3.8) is 0 Å². The lowest BCUT2D eigenvalue weighted by Crippen LogP contribution is -2.39. The molecule has 21 heteroatoms. The molecule has 0 aromatic carbocycles. The van der Waals surface area contributed by atoms with Crippen molar-refractivity contribution in [2.24, 2.45) is 15.7 Å². The summed E-state index contributed by atoms with van der Waals surface area (Å²) < 4.78 is 34.5. The number of nitrogen functional groups attached to an aromatic ring is 1. The fraction of sp³-hybridized carbons (Fsp3) is 0.208. The van der Waals surface area contributed by atoms with Gasteiger partial charge in [0.2, 0.25) is 0 Å². The van der Waals surface area contributed by atoms with Crippen LogP contribution in [0.4, 0.5) is 5.95 Å². The lowest BCUT2D eigenvalue weighted by molar-refractivity contribution is 0.0945. The maximum atomic E-state index is 12.6. The molecule has 0 unspecified atom stereocenters. The fourth-order valence-electron chi connectivity index (χ4n) is 4.06. The van der Waals surface area contributed by atoms with Gasteiger partial charge in [-0.2, -0.15) is 8.42 Å². The molecular weight excluding hydrogens is 874 g/mol. The highest BCUT2D eigenvalue weighted by molar-refractivity contribution is 9.13. The average molecular weight is 899 g/mol. The third-order valence-corrected chi connectivity index (χ3v) is 10.3. The lowest BCUT2D eigenvalue weighted by atomic mass is 9.92. The number of aromatic nitrogens is 4. The van der Waals surface area contributed by atoms with Crippen LogP contribution in [0.25, 0.3) is 6.08 Å². The molecule has 3 aromatic rings. The maximum absolute atomic E-state index is 12.6. The minimum atomic E-state index is -4.31. The van der Waals surface area contributed by atoms with Crippen molar-refractivity contribution in [3.05, 3.63) is 71.3 Å². The summed E-state index contributed by atoms with van der Waals surface area (Å²) in [6.07, 6.45) is 6.42. The van der Waals surface area contributed by atoms with E-state index in [2.05, 4.69) is 110 Å². The molecule has 1 aliphatic rings. The SMILES string of the molecule is NC1=N[C@](/C=C/CNC(=O)c2cc(Br)c(Br)[nH]2)(c2[nH]c(N)nc2/C=C/CNC(=O)c2cc(Br)c(Br)[nH]2)C(=NCCS(=O)(=O)O)N1. The number of imidazole rings is 1. The molecule has 0 saturated heterocycles. The van der Waals surface area contributed by atoms with Crippen molar-refractivity contribution in [3.8, 4) is 0 Å². The number of nitrogens with two attached hydrogens (primary N) is 2. The van der Waals surface area contributed by atoms with Gasteiger partial charge in [0.25, 0.3) is 21.9 Å². The molecule has 0 fully saturated rings. The van der Waals surface area contributed by atoms with E-state index in [1.54, 1.807) is 36.4 Å². The fourth-order valence-corrected chi connectivity index (χ4v) is 5.69. The summed E-state index contributed by atoms with van der Waals surface area (Å²) in [5.41, 5.74) is 11.8. The Morgan fingerprint density at radius 1 is 0.978 bits per heavy atom. The number of hydrogen-bond donors (Lipinski definition) is 9. The Hall–Kier alpha value is -3.24. The second kappa shape index (κ2) is 14.5. The summed E-state index contributed by atoms with van der Waals surface area (Å²) in [5, 5.41) is 8.32. The van der Waals surface area contributed by atoms with Gasteiger partial charge in [0, 0.05) is 13.1 Å². The van der Waals surface area contributed by atoms with Gasteiger partial charge < -0.3 is 42.4 Å². The van der Waals surface area contributed by atoms with E-state index in [9.17, 15) is 22.6 Å². The summed E-state index contributed by atoms with van der Waals surface area (Å²) in [6.45, 7) is -0.148. The van der Waals surface area contributed by atoms with E-state index in [1.165, 1.54) is 0 Å². The zero-order valence-corrected chi connectivity index (χ0v) is 29.9. The number of aliphatic imine (C=N–C) groups is 2. The van der Waals surface area contributed by atoms with Crippen LogP contribution in [0.2, 0.25) is 0 Å². The van der Waals surface area contributed by atoms with E-state index in [0.29, 0.717) is 40.9 Å². The van der Waals surface area contributed by atoms with Gasteiger partial charge in [-0.05, 0) is 88.0 Å². The highest BCUT2D eigenvalue weighted by Crippen LogP contribution is 2.34. The molecule has 16 nitrogen and oxygen atoms in total. The Labute approximate surface area is 289 Å². The highest BCUT2D eigenvalue weighted by atomic mass is 79.9. The molecule has 2 amide bonds. The molecule has 4 rings (SSSR count). The predicted molar refractivity (Wildman–Crippen MR) is 183 cm³/mol. The largest absolute Gasteiger partial charge is 0.370 e. The van der Waals surface area contributed by atoms with Crippen LogP contribution in [-0.2, 0) is 15.7 Å². The number of nitrogens with one attached hydrogen (secondary N) is 6. The van der Waals surface area contributed by atoms with E-state index in [-0.39, 0.29) is 49.2 Å². The van der Waals surface area contributed by atoms with Crippen LogP contribution < -0.4 is 27.4 Å². The van der Waals surface area contributed by atoms with Gasteiger partial charge in [-0.15, -0.1) is 0 Å². The number of rotatable bonds is 12. The van der Waals surface area contributed by atoms with E-state index in [4.69, 9.17) is 11.5 Å². The monoisotopic (exact) mass is 895 g/mol. The number of H-pyrrole nitrogens is 3. The van der Waals surface area contributed by atoms with E-state index in [1.807, 2.05) is 0 Å². The number of nitrogens with zero attached hydrogens (tertiary/aromatic N) is 3. The lowest BCUT2D eigenvalue weighted by Gasteiger charge is -2.22. The molecule has 3 aromatic heterocycles. The smallest absolute Gasteiger partial charge is 0.268 e. The Morgan fingerprint density at radius 3 is 2.09 bits per heavy atom. The highest BCUT2D eigenvalue weighted by Gasteiger charge is 2.44. The molecule has 1 atom stereocenters. The first-order valence-electron chi connectivity index (χ1n) is 12.7. The number of amidine groups is 1. The number of carbonyl (C=O) groups excluding carboxylic acids is 2. The molecule has 240 valence electrons. The van der Waals surface area contributed by atoms with Gasteiger partial charge in [0.05, 0.1) is 41.8 Å². The third kappa shape index (κ3) is 8.73. The Balaban J connectivity index is 1.61. The molecule has 0 saturated carbocycles. The van der Waals surface area contributed by atoms with Crippen molar-refractivity contribution in [1.82, 2.24) is 35.9 Å². The number of guanidine groups is 1. The Bertz CT molecular complexity index is 1810. The van der Waals surface area contributed by atoms with Gasteiger partial charge in [-0.1, -0.05) is 12.2 Å². The van der Waals surface area contributed by atoms with Crippen LogP contribution in [0.1, 0.15) is 32.4 Å². The van der Waals surface area contributed by atoms with Crippen molar-refractivity contribution < 1.29 is 22.6 Å². The van der Waals surface area contributed by atoms with Gasteiger partial charge in [0.1, 0.15) is 17.2 Å². The zero-order chi connectivity index (χ0) is 32.9. The van der Waals surface area contributed by atoms with Crippen LogP contribution in [-0.4, -0.2) is 81.9 Å². The number of carbonyl (C=O) groups is 2. The van der Waals surface area contributed by atoms with Gasteiger partial charge in [0.15, 0.2) is 17.4 Å². The minimum absolute atomic E-state index is 0.0247. The molecule has 45 heavy (non-hydrogen) atoms. The topological polar surface area (TPSA) is 262 Å². The molecule has 4 heterocycles. The summed E-state index contributed by atoms with van der Waals surface area (Å²) >= 11 is 13.2. The number of hydrogen-bond acceptors (Lipinski definition) is 9. The maximum Gasteiger partial charge on any atom is 0.268 e. The number of halogens is 4. The van der Waals surface area contributed by atoms with Gasteiger partial charge in [-0.3, -0.25) is 19.1 Å². The Kier molecular flexibility index (Phi) is 11.1. The standard InChI is InChI=1S/C24H25Br4N11O5S/c25-11-9-14(34-17(11)27)19(40)31-5-1-3-13-16(37-22(29)36-13)24(21(38-23(30)39-24)33-7-8-45(42,43)44)4-2-6-32-20(41)15-10-12(26)18(28)35-15/h1-4,9-10,34-35H,5-8H2,(H,31,40)(H,32,41)(H3,29,36,37)(H,42,43,44)(H3,30,33,38,39)/b3-1+,4-2+/t24-/m1/s1. The van der Waals surface area contributed by atoms with Crippen LogP contribution in [0, 0.1) is 0 Å².